The molecule has 2 N–H and O–H groups in total. The number of piperidine rings is 1. The van der Waals surface area contributed by atoms with Crippen LogP contribution in [0.2, 0.25) is 0 Å². The number of nitrogens with zero attached hydrogens (tertiary/aromatic N) is 1. The van der Waals surface area contributed by atoms with E-state index < -0.39 is 21.3 Å². The average Bonchev–Trinajstić information content (AvgIpc) is 3.61. The van der Waals surface area contributed by atoms with Gasteiger partial charge >= 0.3 is 0 Å². The molecule has 2 aromatic heterocycles. The molecule has 1 aliphatic heterocycles. The first-order valence-corrected chi connectivity index (χ1v) is 15.0. The molecule has 2 fully saturated rings. The number of carbonyl (C=O) groups is 2. The predicted molar refractivity (Wildman–Crippen MR) is 141 cm³/mol. The first kappa shape index (κ1) is 25.7. The first-order chi connectivity index (χ1) is 17.9. The molecule has 1 saturated carbocycles. The monoisotopic (exact) mass is 541 g/mol. The average molecular weight is 542 g/mol. The van der Waals surface area contributed by atoms with Crippen LogP contribution in [0.5, 0.6) is 0 Å². The maximum Gasteiger partial charge on any atom is 0.246 e. The Morgan fingerprint density at radius 1 is 1.08 bits per heavy atom. The quantitative estimate of drug-likeness (QED) is 0.426. The Hall–Kier alpha value is -2.95. The molecule has 5 rings (SSSR count). The van der Waals surface area contributed by atoms with Gasteiger partial charge in [0.2, 0.25) is 21.8 Å². The maximum absolute atomic E-state index is 14.0. The number of carbonyl (C=O) groups excluding carboxylic acids is 2. The standard InChI is InChI=1S/C27H31N3O5S2/c31-25-13-10-20-16-23(11-12-24(20)28-25)37(33,34)29-26(19-6-2-1-3-7-19)27(32)30(17-21-8-4-14-35-21)18-22-9-5-15-36-22/h1-9,14-15,20,23-24,26,29H,10-13,16-18H2,(H,28,31). The molecular formula is C27H31N3O5S2. The zero-order valence-electron chi connectivity index (χ0n) is 20.4. The number of benzene rings is 1. The zero-order valence-corrected chi connectivity index (χ0v) is 22.0. The van der Waals surface area contributed by atoms with E-state index in [1.807, 2.05) is 23.6 Å². The van der Waals surface area contributed by atoms with Crippen LogP contribution in [0.4, 0.5) is 0 Å². The number of thiophene rings is 1. The van der Waals surface area contributed by atoms with Gasteiger partial charge in [-0.1, -0.05) is 36.4 Å². The largest absolute Gasteiger partial charge is 0.467 e. The van der Waals surface area contributed by atoms with Gasteiger partial charge in [-0.25, -0.2) is 8.42 Å². The van der Waals surface area contributed by atoms with Gasteiger partial charge in [0.05, 0.1) is 24.6 Å². The minimum Gasteiger partial charge on any atom is -0.467 e. The Labute approximate surface area is 221 Å². The third-order valence-electron chi connectivity index (χ3n) is 7.29. The summed E-state index contributed by atoms with van der Waals surface area (Å²) < 4.78 is 35.7. The number of hydrogen-bond donors (Lipinski definition) is 2. The van der Waals surface area contributed by atoms with Crippen LogP contribution in [0.1, 0.15) is 54.3 Å². The van der Waals surface area contributed by atoms with Crippen molar-refractivity contribution >= 4 is 33.2 Å². The van der Waals surface area contributed by atoms with Crippen LogP contribution < -0.4 is 10.0 Å². The van der Waals surface area contributed by atoms with Crippen LogP contribution in [-0.4, -0.2) is 36.4 Å². The molecule has 0 bridgehead atoms. The normalized spacial score (nSPS) is 22.6. The second-order valence-corrected chi connectivity index (χ2v) is 12.8. The second kappa shape index (κ2) is 11.2. The summed E-state index contributed by atoms with van der Waals surface area (Å²) in [6.07, 6.45) is 4.22. The fourth-order valence-corrected chi connectivity index (χ4v) is 7.77. The number of rotatable bonds is 9. The van der Waals surface area contributed by atoms with Crippen LogP contribution >= 0.6 is 11.3 Å². The van der Waals surface area contributed by atoms with Crippen molar-refractivity contribution in [3.05, 3.63) is 82.4 Å². The molecule has 2 aliphatic rings. The lowest BCUT2D eigenvalue weighted by atomic mass is 9.79. The number of sulfonamides is 1. The van der Waals surface area contributed by atoms with E-state index in [0.29, 0.717) is 50.0 Å². The lowest BCUT2D eigenvalue weighted by Gasteiger charge is -2.39. The summed E-state index contributed by atoms with van der Waals surface area (Å²) in [4.78, 5) is 28.4. The highest BCUT2D eigenvalue weighted by Crippen LogP contribution is 2.35. The Morgan fingerprint density at radius 3 is 2.65 bits per heavy atom. The van der Waals surface area contributed by atoms with E-state index in [1.165, 1.54) is 0 Å². The lowest BCUT2D eigenvalue weighted by molar-refractivity contribution is -0.134. The van der Waals surface area contributed by atoms with Crippen molar-refractivity contribution in [1.29, 1.82) is 0 Å². The molecule has 10 heteroatoms. The Bertz CT molecular complexity index is 1260. The Balaban J connectivity index is 1.39. The van der Waals surface area contributed by atoms with Crippen LogP contribution in [0, 0.1) is 5.92 Å². The van der Waals surface area contributed by atoms with Crippen molar-refractivity contribution in [3.8, 4) is 0 Å². The summed E-state index contributed by atoms with van der Waals surface area (Å²) in [5.41, 5.74) is 0.588. The number of fused-ring (bicyclic) bond motifs is 1. The molecule has 0 spiro atoms. The molecule has 4 unspecified atom stereocenters. The zero-order chi connectivity index (χ0) is 25.8. The molecule has 0 radical (unpaired) electrons. The van der Waals surface area contributed by atoms with Crippen molar-refractivity contribution in [2.24, 2.45) is 5.92 Å². The van der Waals surface area contributed by atoms with Crippen molar-refractivity contribution in [3.63, 3.8) is 0 Å². The predicted octanol–water partition coefficient (Wildman–Crippen LogP) is 3.98. The summed E-state index contributed by atoms with van der Waals surface area (Å²) >= 11 is 1.54. The summed E-state index contributed by atoms with van der Waals surface area (Å²) in [6, 6.07) is 15.4. The SMILES string of the molecule is O=C1CCC2CC(S(=O)(=O)NC(C(=O)N(Cc3ccco3)Cc3cccs3)c3ccccc3)CCC2N1. The molecular weight excluding hydrogens is 510 g/mol. The van der Waals surface area contributed by atoms with E-state index in [9.17, 15) is 18.0 Å². The van der Waals surface area contributed by atoms with E-state index >= 15 is 0 Å². The van der Waals surface area contributed by atoms with E-state index in [1.54, 1.807) is 58.9 Å². The third kappa shape index (κ3) is 6.14. The van der Waals surface area contributed by atoms with Crippen LogP contribution in [0.15, 0.2) is 70.7 Å². The van der Waals surface area contributed by atoms with Gasteiger partial charge in [-0.2, -0.15) is 4.72 Å². The van der Waals surface area contributed by atoms with Crippen molar-refractivity contribution in [2.45, 2.75) is 62.5 Å². The molecule has 196 valence electrons. The van der Waals surface area contributed by atoms with E-state index in [-0.39, 0.29) is 30.3 Å². The van der Waals surface area contributed by atoms with Crippen LogP contribution in [0.25, 0.3) is 0 Å². The molecule has 3 heterocycles. The highest BCUT2D eigenvalue weighted by molar-refractivity contribution is 7.90. The molecule has 1 aliphatic carbocycles. The van der Waals surface area contributed by atoms with Crippen molar-refractivity contribution in [1.82, 2.24) is 14.9 Å². The smallest absolute Gasteiger partial charge is 0.246 e. The highest BCUT2D eigenvalue weighted by Gasteiger charge is 2.41. The van der Waals surface area contributed by atoms with Gasteiger partial charge in [0.1, 0.15) is 11.8 Å². The van der Waals surface area contributed by atoms with Gasteiger partial charge in [-0.3, -0.25) is 9.59 Å². The summed E-state index contributed by atoms with van der Waals surface area (Å²) in [7, 11) is -3.83. The first-order valence-electron chi connectivity index (χ1n) is 12.6. The topological polar surface area (TPSA) is 109 Å². The van der Waals surface area contributed by atoms with Crippen molar-refractivity contribution < 1.29 is 22.4 Å². The number of hydrogen-bond acceptors (Lipinski definition) is 6. The van der Waals surface area contributed by atoms with E-state index in [4.69, 9.17) is 4.42 Å². The van der Waals surface area contributed by atoms with Gasteiger partial charge < -0.3 is 14.6 Å². The van der Waals surface area contributed by atoms with Crippen LogP contribution in [0.3, 0.4) is 0 Å². The number of amides is 2. The minimum absolute atomic E-state index is 0.0360. The van der Waals surface area contributed by atoms with E-state index in [2.05, 4.69) is 10.0 Å². The summed E-state index contributed by atoms with van der Waals surface area (Å²) in [6.45, 7) is 0.566. The van der Waals surface area contributed by atoms with Crippen LogP contribution in [-0.2, 0) is 32.7 Å². The third-order valence-corrected chi connectivity index (χ3v) is 10.0. The molecule has 2 amide bonds. The Morgan fingerprint density at radius 2 is 1.92 bits per heavy atom. The van der Waals surface area contributed by atoms with Gasteiger partial charge in [0.15, 0.2) is 0 Å². The molecule has 8 nitrogen and oxygen atoms in total. The molecule has 4 atom stereocenters. The van der Waals surface area contributed by atoms with Crippen molar-refractivity contribution in [2.75, 3.05) is 0 Å². The van der Waals surface area contributed by atoms with Gasteiger partial charge in [0, 0.05) is 17.3 Å². The molecule has 3 aromatic rings. The lowest BCUT2D eigenvalue weighted by Crippen LogP contribution is -2.52. The summed E-state index contributed by atoms with van der Waals surface area (Å²) in [5.74, 6) is 0.460. The highest BCUT2D eigenvalue weighted by atomic mass is 32.2. The molecule has 37 heavy (non-hydrogen) atoms. The van der Waals surface area contributed by atoms with Gasteiger partial charge in [-0.05, 0) is 60.7 Å². The van der Waals surface area contributed by atoms with E-state index in [0.717, 1.165) is 4.88 Å². The molecule has 1 saturated heterocycles. The maximum atomic E-state index is 14.0. The number of furan rings is 1. The fourth-order valence-electron chi connectivity index (χ4n) is 5.35. The second-order valence-electron chi connectivity index (χ2n) is 9.77. The van der Waals surface area contributed by atoms with Gasteiger partial charge in [0.25, 0.3) is 0 Å². The van der Waals surface area contributed by atoms with Gasteiger partial charge in [-0.15, -0.1) is 11.3 Å². The minimum atomic E-state index is -3.83. The fraction of sp³-hybridized carbons (Fsp3) is 0.407. The Kier molecular flexibility index (Phi) is 7.78. The number of nitrogens with one attached hydrogen (secondary N) is 2. The molecule has 1 aromatic carbocycles. The summed E-state index contributed by atoms with van der Waals surface area (Å²) in [5, 5.41) is 4.35.